The van der Waals surface area contributed by atoms with Crippen LogP contribution in [-0.2, 0) is 4.79 Å². The molecule has 2 aromatic carbocycles. The van der Waals surface area contributed by atoms with Gasteiger partial charge in [0, 0.05) is 43.0 Å². The van der Waals surface area contributed by atoms with E-state index < -0.39 is 0 Å². The summed E-state index contributed by atoms with van der Waals surface area (Å²) in [5.74, 6) is 0.907. The molecule has 142 valence electrons. The van der Waals surface area contributed by atoms with Crippen LogP contribution >= 0.6 is 11.6 Å². The van der Waals surface area contributed by atoms with Crippen LogP contribution in [0.2, 0.25) is 5.02 Å². The Morgan fingerprint density at radius 2 is 1.85 bits per heavy atom. The molecule has 0 radical (unpaired) electrons. The van der Waals surface area contributed by atoms with Crippen molar-refractivity contribution in [3.05, 3.63) is 65.2 Å². The standard InChI is InChI=1S/C22H25ClN2O2/c1-2-16-27-21-9-6-18(7-10-21)8-11-22(26)25-14-12-24(13-15-25)20-5-3-4-19(23)17-20/h3-11,17H,2,12-16H2,1H3/b11-8+. The summed E-state index contributed by atoms with van der Waals surface area (Å²) in [6, 6.07) is 15.6. The lowest BCUT2D eigenvalue weighted by atomic mass is 10.2. The van der Waals surface area contributed by atoms with Crippen LogP contribution in [0, 0.1) is 0 Å². The maximum Gasteiger partial charge on any atom is 0.246 e. The van der Waals surface area contributed by atoms with Gasteiger partial charge in [0.25, 0.3) is 0 Å². The van der Waals surface area contributed by atoms with Crippen molar-refractivity contribution >= 4 is 29.3 Å². The first-order valence-electron chi connectivity index (χ1n) is 9.36. The lowest BCUT2D eigenvalue weighted by molar-refractivity contribution is -0.126. The van der Waals surface area contributed by atoms with E-state index in [9.17, 15) is 4.79 Å². The first-order chi connectivity index (χ1) is 13.2. The van der Waals surface area contributed by atoms with Gasteiger partial charge < -0.3 is 14.5 Å². The number of benzene rings is 2. The summed E-state index contributed by atoms with van der Waals surface area (Å²) in [7, 11) is 0. The second-order valence-corrected chi connectivity index (χ2v) is 6.98. The molecule has 1 fully saturated rings. The summed E-state index contributed by atoms with van der Waals surface area (Å²) in [5, 5.41) is 0.736. The highest BCUT2D eigenvalue weighted by Gasteiger charge is 2.19. The minimum absolute atomic E-state index is 0.0482. The fraction of sp³-hybridized carbons (Fsp3) is 0.318. The predicted molar refractivity (Wildman–Crippen MR) is 112 cm³/mol. The van der Waals surface area contributed by atoms with Gasteiger partial charge in [-0.3, -0.25) is 4.79 Å². The van der Waals surface area contributed by atoms with Gasteiger partial charge in [-0.25, -0.2) is 0 Å². The number of rotatable bonds is 6. The minimum Gasteiger partial charge on any atom is -0.494 e. The number of piperazine rings is 1. The van der Waals surface area contributed by atoms with E-state index in [0.29, 0.717) is 13.1 Å². The number of carbonyl (C=O) groups is 1. The highest BCUT2D eigenvalue weighted by Crippen LogP contribution is 2.21. The Labute approximate surface area is 166 Å². The van der Waals surface area contributed by atoms with Crippen molar-refractivity contribution in [2.24, 2.45) is 0 Å². The van der Waals surface area contributed by atoms with Crippen LogP contribution in [0.15, 0.2) is 54.6 Å². The fourth-order valence-electron chi connectivity index (χ4n) is 3.03. The third kappa shape index (κ3) is 5.51. The third-order valence-corrected chi connectivity index (χ3v) is 4.77. The summed E-state index contributed by atoms with van der Waals surface area (Å²) < 4.78 is 5.57. The zero-order valence-electron chi connectivity index (χ0n) is 15.6. The Kier molecular flexibility index (Phi) is 6.77. The predicted octanol–water partition coefficient (Wildman–Crippen LogP) is 4.49. The quantitative estimate of drug-likeness (QED) is 0.688. The molecule has 3 rings (SSSR count). The Morgan fingerprint density at radius 1 is 1.11 bits per heavy atom. The molecule has 4 nitrogen and oxygen atoms in total. The Hall–Kier alpha value is -2.46. The van der Waals surface area contributed by atoms with Crippen LogP contribution < -0.4 is 9.64 Å². The number of hydrogen-bond donors (Lipinski definition) is 0. The Bertz CT molecular complexity index is 781. The molecule has 0 aliphatic carbocycles. The molecule has 5 heteroatoms. The molecule has 0 saturated carbocycles. The number of carbonyl (C=O) groups excluding carboxylic acids is 1. The lowest BCUT2D eigenvalue weighted by Crippen LogP contribution is -2.48. The largest absolute Gasteiger partial charge is 0.494 e. The summed E-state index contributed by atoms with van der Waals surface area (Å²) in [6.07, 6.45) is 4.49. The molecule has 1 aliphatic rings. The normalized spacial score (nSPS) is 14.6. The fourth-order valence-corrected chi connectivity index (χ4v) is 3.21. The number of halogens is 1. The number of amides is 1. The van der Waals surface area contributed by atoms with Crippen molar-refractivity contribution in [2.45, 2.75) is 13.3 Å². The van der Waals surface area contributed by atoms with Crippen LogP contribution in [-0.4, -0.2) is 43.6 Å². The summed E-state index contributed by atoms with van der Waals surface area (Å²) in [6.45, 7) is 5.83. The molecule has 0 N–H and O–H groups in total. The van der Waals surface area contributed by atoms with Crippen molar-refractivity contribution in [3.8, 4) is 5.75 Å². The summed E-state index contributed by atoms with van der Waals surface area (Å²) in [4.78, 5) is 16.6. The SMILES string of the molecule is CCCOc1ccc(/C=C/C(=O)N2CCN(c3cccc(Cl)c3)CC2)cc1. The second kappa shape index (κ2) is 9.47. The average molecular weight is 385 g/mol. The molecule has 2 aromatic rings. The summed E-state index contributed by atoms with van der Waals surface area (Å²) >= 11 is 6.07. The highest BCUT2D eigenvalue weighted by molar-refractivity contribution is 6.30. The van der Waals surface area contributed by atoms with Crippen LogP contribution in [0.5, 0.6) is 5.75 Å². The van der Waals surface area contributed by atoms with Gasteiger partial charge in [-0.1, -0.05) is 36.7 Å². The number of nitrogens with zero attached hydrogens (tertiary/aromatic N) is 2. The Balaban J connectivity index is 1.51. The molecule has 1 saturated heterocycles. The molecule has 1 aliphatic heterocycles. The van der Waals surface area contributed by atoms with Gasteiger partial charge >= 0.3 is 0 Å². The molecule has 0 bridgehead atoms. The van der Waals surface area contributed by atoms with E-state index in [1.54, 1.807) is 6.08 Å². The van der Waals surface area contributed by atoms with Crippen molar-refractivity contribution in [3.63, 3.8) is 0 Å². The van der Waals surface area contributed by atoms with Crippen molar-refractivity contribution in [1.29, 1.82) is 0 Å². The maximum atomic E-state index is 12.5. The number of ether oxygens (including phenoxy) is 1. The smallest absolute Gasteiger partial charge is 0.246 e. The van der Waals surface area contributed by atoms with Gasteiger partial charge in [-0.15, -0.1) is 0 Å². The van der Waals surface area contributed by atoms with E-state index in [2.05, 4.69) is 17.9 Å². The van der Waals surface area contributed by atoms with E-state index >= 15 is 0 Å². The van der Waals surface area contributed by atoms with Crippen LogP contribution in [0.25, 0.3) is 6.08 Å². The van der Waals surface area contributed by atoms with Crippen LogP contribution in [0.4, 0.5) is 5.69 Å². The zero-order chi connectivity index (χ0) is 19.1. The molecule has 1 heterocycles. The van der Waals surface area contributed by atoms with Crippen LogP contribution in [0.3, 0.4) is 0 Å². The molecule has 0 unspecified atom stereocenters. The monoisotopic (exact) mass is 384 g/mol. The van der Waals surface area contributed by atoms with E-state index in [1.165, 1.54) is 0 Å². The molecule has 0 atom stereocenters. The number of anilines is 1. The van der Waals surface area contributed by atoms with Gasteiger partial charge in [0.15, 0.2) is 0 Å². The van der Waals surface area contributed by atoms with Gasteiger partial charge in [-0.05, 0) is 48.4 Å². The van der Waals surface area contributed by atoms with Gasteiger partial charge in [0.05, 0.1) is 6.61 Å². The molecular weight excluding hydrogens is 360 g/mol. The van der Waals surface area contributed by atoms with Gasteiger partial charge in [0.2, 0.25) is 5.91 Å². The van der Waals surface area contributed by atoms with Crippen LogP contribution in [0.1, 0.15) is 18.9 Å². The van der Waals surface area contributed by atoms with E-state index in [1.807, 2.05) is 53.4 Å². The topological polar surface area (TPSA) is 32.8 Å². The first kappa shape index (κ1) is 19.3. The van der Waals surface area contributed by atoms with Gasteiger partial charge in [0.1, 0.15) is 5.75 Å². The molecule has 1 amide bonds. The van der Waals surface area contributed by atoms with E-state index in [-0.39, 0.29) is 5.91 Å². The second-order valence-electron chi connectivity index (χ2n) is 6.54. The Morgan fingerprint density at radius 3 is 2.52 bits per heavy atom. The van der Waals surface area contributed by atoms with Crippen molar-refractivity contribution < 1.29 is 9.53 Å². The first-order valence-corrected chi connectivity index (χ1v) is 9.74. The van der Waals surface area contributed by atoms with E-state index in [4.69, 9.17) is 16.3 Å². The average Bonchev–Trinajstić information content (AvgIpc) is 2.71. The van der Waals surface area contributed by atoms with Gasteiger partial charge in [-0.2, -0.15) is 0 Å². The molecule has 0 spiro atoms. The highest BCUT2D eigenvalue weighted by atomic mass is 35.5. The third-order valence-electron chi connectivity index (χ3n) is 4.54. The molecule has 27 heavy (non-hydrogen) atoms. The molecular formula is C22H25ClN2O2. The van der Waals surface area contributed by atoms with E-state index in [0.717, 1.165) is 48.1 Å². The minimum atomic E-state index is 0.0482. The van der Waals surface area contributed by atoms with Crippen molar-refractivity contribution in [1.82, 2.24) is 4.90 Å². The van der Waals surface area contributed by atoms with Crippen molar-refractivity contribution in [2.75, 3.05) is 37.7 Å². The lowest BCUT2D eigenvalue weighted by Gasteiger charge is -2.35. The maximum absolute atomic E-state index is 12.5. The summed E-state index contributed by atoms with van der Waals surface area (Å²) in [5.41, 5.74) is 2.10. The molecule has 0 aromatic heterocycles. The zero-order valence-corrected chi connectivity index (χ0v) is 16.4. The number of hydrogen-bond acceptors (Lipinski definition) is 3.